The van der Waals surface area contributed by atoms with Gasteiger partial charge in [0, 0.05) is 25.7 Å². The summed E-state index contributed by atoms with van der Waals surface area (Å²) in [7, 11) is 1.82. The Labute approximate surface area is 81.9 Å². The van der Waals surface area contributed by atoms with Crippen LogP contribution in [0.3, 0.4) is 0 Å². The minimum Gasteiger partial charge on any atom is -0.351 e. The third-order valence-electron chi connectivity index (χ3n) is 1.53. The van der Waals surface area contributed by atoms with Gasteiger partial charge >= 0.3 is 0 Å². The lowest BCUT2D eigenvalue weighted by Gasteiger charge is -1.99. The Balaban J connectivity index is 2.40. The molecule has 0 saturated carbocycles. The van der Waals surface area contributed by atoms with Crippen LogP contribution in [0, 0.1) is 0 Å². The number of hydrogen-bond donors (Lipinski definition) is 1. The minimum atomic E-state index is -0.147. The van der Waals surface area contributed by atoms with Crippen molar-refractivity contribution < 1.29 is 4.79 Å². The van der Waals surface area contributed by atoms with Gasteiger partial charge in [0.15, 0.2) is 0 Å². The number of carbonyl (C=O) groups excluding carboxylic acids is 1. The molecule has 1 N–H and O–H groups in total. The third kappa shape index (κ3) is 3.06. The number of carbonyl (C=O) groups is 1. The maximum absolute atomic E-state index is 11.3. The van der Waals surface area contributed by atoms with Crippen molar-refractivity contribution in [3.8, 4) is 0 Å². The van der Waals surface area contributed by atoms with Gasteiger partial charge in [0.1, 0.15) is 5.69 Å². The standard InChI is InChI=1S/C8H12ClN3O/c1-12-5-7(11-6-12)8(13)10-4-2-3-9/h5-6H,2-4H2,1H3,(H,10,13). The van der Waals surface area contributed by atoms with E-state index in [2.05, 4.69) is 10.3 Å². The second-order valence-electron chi connectivity index (χ2n) is 2.72. The number of nitrogens with zero attached hydrogens (tertiary/aromatic N) is 2. The molecule has 1 heterocycles. The fourth-order valence-corrected chi connectivity index (χ4v) is 1.02. The lowest BCUT2D eigenvalue weighted by atomic mass is 10.4. The molecule has 0 aliphatic rings. The molecule has 1 aromatic rings. The summed E-state index contributed by atoms with van der Waals surface area (Å²) in [6, 6.07) is 0. The second kappa shape index (κ2) is 4.87. The molecule has 0 aliphatic heterocycles. The normalized spacial score (nSPS) is 10.0. The lowest BCUT2D eigenvalue weighted by Crippen LogP contribution is -2.24. The van der Waals surface area contributed by atoms with E-state index in [9.17, 15) is 4.79 Å². The monoisotopic (exact) mass is 201 g/mol. The van der Waals surface area contributed by atoms with Gasteiger partial charge < -0.3 is 9.88 Å². The predicted molar refractivity (Wildman–Crippen MR) is 50.9 cm³/mol. The number of nitrogens with one attached hydrogen (secondary N) is 1. The van der Waals surface area contributed by atoms with E-state index < -0.39 is 0 Å². The Morgan fingerprint density at radius 1 is 1.77 bits per heavy atom. The molecule has 1 aromatic heterocycles. The van der Waals surface area contributed by atoms with Gasteiger partial charge in [0.2, 0.25) is 0 Å². The Bertz CT molecular complexity index is 285. The van der Waals surface area contributed by atoms with Crippen LogP contribution < -0.4 is 5.32 Å². The summed E-state index contributed by atoms with van der Waals surface area (Å²) in [6.07, 6.45) is 4.05. The number of imidazole rings is 1. The topological polar surface area (TPSA) is 46.9 Å². The molecule has 0 atom stereocenters. The number of hydrogen-bond acceptors (Lipinski definition) is 2. The van der Waals surface area contributed by atoms with Crippen LogP contribution in [0.15, 0.2) is 12.5 Å². The van der Waals surface area contributed by atoms with E-state index in [0.717, 1.165) is 6.42 Å². The van der Waals surface area contributed by atoms with Crippen LogP contribution in [0.4, 0.5) is 0 Å². The number of alkyl halides is 1. The molecule has 1 amide bonds. The first kappa shape index (κ1) is 10.1. The molecule has 0 spiro atoms. The SMILES string of the molecule is Cn1cnc(C(=O)NCCCCl)c1. The number of amides is 1. The Hall–Kier alpha value is -1.03. The molecular weight excluding hydrogens is 190 g/mol. The van der Waals surface area contributed by atoms with Gasteiger partial charge in [0.05, 0.1) is 6.33 Å². The molecule has 1 rings (SSSR count). The maximum atomic E-state index is 11.3. The zero-order chi connectivity index (χ0) is 9.68. The Kier molecular flexibility index (Phi) is 3.76. The first-order valence-corrected chi connectivity index (χ1v) is 4.59. The summed E-state index contributed by atoms with van der Waals surface area (Å²) in [6.45, 7) is 0.596. The van der Waals surface area contributed by atoms with Crippen molar-refractivity contribution in [3.63, 3.8) is 0 Å². The summed E-state index contributed by atoms with van der Waals surface area (Å²) < 4.78 is 1.73. The van der Waals surface area contributed by atoms with Gasteiger partial charge in [0.25, 0.3) is 5.91 Å². The van der Waals surface area contributed by atoms with E-state index in [0.29, 0.717) is 18.1 Å². The summed E-state index contributed by atoms with van der Waals surface area (Å²) in [5, 5.41) is 2.71. The van der Waals surface area contributed by atoms with Crippen LogP contribution in [0.25, 0.3) is 0 Å². The molecular formula is C8H12ClN3O. The van der Waals surface area contributed by atoms with Crippen LogP contribution in [-0.2, 0) is 7.05 Å². The average Bonchev–Trinajstić information content (AvgIpc) is 2.52. The smallest absolute Gasteiger partial charge is 0.271 e. The lowest BCUT2D eigenvalue weighted by molar-refractivity contribution is 0.0949. The van der Waals surface area contributed by atoms with Crippen molar-refractivity contribution in [1.29, 1.82) is 0 Å². The molecule has 0 unspecified atom stereocenters. The fourth-order valence-electron chi connectivity index (χ4n) is 0.889. The molecule has 0 aromatic carbocycles. The highest BCUT2D eigenvalue weighted by Crippen LogP contribution is 1.93. The number of aromatic nitrogens is 2. The van der Waals surface area contributed by atoms with E-state index in [-0.39, 0.29) is 5.91 Å². The largest absolute Gasteiger partial charge is 0.351 e. The van der Waals surface area contributed by atoms with Gasteiger partial charge in [-0.3, -0.25) is 4.79 Å². The molecule has 0 fully saturated rings. The fraction of sp³-hybridized carbons (Fsp3) is 0.500. The van der Waals surface area contributed by atoms with E-state index in [1.165, 1.54) is 0 Å². The van der Waals surface area contributed by atoms with Crippen molar-refractivity contribution in [1.82, 2.24) is 14.9 Å². The zero-order valence-corrected chi connectivity index (χ0v) is 8.21. The van der Waals surface area contributed by atoms with Crippen molar-refractivity contribution in [2.24, 2.45) is 7.05 Å². The van der Waals surface area contributed by atoms with Gasteiger partial charge in [-0.2, -0.15) is 0 Å². The molecule has 0 aliphatic carbocycles. The highest BCUT2D eigenvalue weighted by Gasteiger charge is 2.06. The number of aryl methyl sites for hydroxylation is 1. The molecule has 4 nitrogen and oxygen atoms in total. The maximum Gasteiger partial charge on any atom is 0.271 e. The molecule has 5 heteroatoms. The highest BCUT2D eigenvalue weighted by molar-refractivity contribution is 6.17. The minimum absolute atomic E-state index is 0.147. The Morgan fingerprint density at radius 2 is 2.54 bits per heavy atom. The second-order valence-corrected chi connectivity index (χ2v) is 3.10. The average molecular weight is 202 g/mol. The van der Waals surface area contributed by atoms with Crippen LogP contribution in [0.1, 0.15) is 16.9 Å². The van der Waals surface area contributed by atoms with Crippen LogP contribution in [-0.4, -0.2) is 27.9 Å². The highest BCUT2D eigenvalue weighted by atomic mass is 35.5. The molecule has 72 valence electrons. The van der Waals surface area contributed by atoms with Crippen LogP contribution >= 0.6 is 11.6 Å². The first-order chi connectivity index (χ1) is 6.24. The zero-order valence-electron chi connectivity index (χ0n) is 7.46. The van der Waals surface area contributed by atoms with Gasteiger partial charge in [-0.1, -0.05) is 0 Å². The molecule has 0 radical (unpaired) electrons. The van der Waals surface area contributed by atoms with Crippen LogP contribution in [0.2, 0.25) is 0 Å². The van der Waals surface area contributed by atoms with Crippen molar-refractivity contribution in [3.05, 3.63) is 18.2 Å². The summed E-state index contributed by atoms with van der Waals surface area (Å²) >= 11 is 5.46. The molecule has 0 bridgehead atoms. The predicted octanol–water partition coefficient (Wildman–Crippen LogP) is 0.779. The quantitative estimate of drug-likeness (QED) is 0.578. The van der Waals surface area contributed by atoms with Gasteiger partial charge in [-0.15, -0.1) is 11.6 Å². The summed E-state index contributed by atoms with van der Waals surface area (Å²) in [5.74, 6) is 0.411. The molecule has 13 heavy (non-hydrogen) atoms. The van der Waals surface area contributed by atoms with E-state index in [1.54, 1.807) is 17.1 Å². The van der Waals surface area contributed by atoms with Gasteiger partial charge in [-0.05, 0) is 6.42 Å². The van der Waals surface area contributed by atoms with E-state index in [4.69, 9.17) is 11.6 Å². The van der Waals surface area contributed by atoms with Crippen molar-refractivity contribution in [2.75, 3.05) is 12.4 Å². The van der Waals surface area contributed by atoms with E-state index >= 15 is 0 Å². The van der Waals surface area contributed by atoms with Crippen molar-refractivity contribution >= 4 is 17.5 Å². The first-order valence-electron chi connectivity index (χ1n) is 4.06. The summed E-state index contributed by atoms with van der Waals surface area (Å²) in [5.41, 5.74) is 0.442. The number of halogens is 1. The Morgan fingerprint density at radius 3 is 3.08 bits per heavy atom. The van der Waals surface area contributed by atoms with E-state index in [1.807, 2.05) is 7.05 Å². The third-order valence-corrected chi connectivity index (χ3v) is 1.80. The summed E-state index contributed by atoms with van der Waals surface area (Å²) in [4.78, 5) is 15.2. The number of rotatable bonds is 4. The van der Waals surface area contributed by atoms with Crippen LogP contribution in [0.5, 0.6) is 0 Å². The van der Waals surface area contributed by atoms with Gasteiger partial charge in [-0.25, -0.2) is 4.98 Å². The molecule has 0 saturated heterocycles. The van der Waals surface area contributed by atoms with Crippen molar-refractivity contribution in [2.45, 2.75) is 6.42 Å².